The summed E-state index contributed by atoms with van der Waals surface area (Å²) in [7, 11) is 0. The number of imide groups is 1. The summed E-state index contributed by atoms with van der Waals surface area (Å²) >= 11 is 0. The van der Waals surface area contributed by atoms with Gasteiger partial charge in [-0.3, -0.25) is 10.1 Å². The summed E-state index contributed by atoms with van der Waals surface area (Å²) in [6, 6.07) is 23.9. The standard InChI is InChI=1S/C22H20N2O3/c23-22(26)24-21(25)20-13-7-6-12-19(20)18-11-5-4-10-17(18)15-27-14-16-8-2-1-3-9-16/h1-13H,14-15H2,(H3,23,24,25,26). The average Bonchev–Trinajstić information content (AvgIpc) is 2.69. The second-order valence-electron chi connectivity index (χ2n) is 6.00. The van der Waals surface area contributed by atoms with Gasteiger partial charge in [-0.05, 0) is 28.3 Å². The Kier molecular flexibility index (Phi) is 5.97. The molecule has 0 atom stereocenters. The summed E-state index contributed by atoms with van der Waals surface area (Å²) in [6.45, 7) is 0.899. The van der Waals surface area contributed by atoms with E-state index < -0.39 is 11.9 Å². The van der Waals surface area contributed by atoms with Gasteiger partial charge in [-0.2, -0.15) is 0 Å². The summed E-state index contributed by atoms with van der Waals surface area (Å²) in [6.07, 6.45) is 0. The van der Waals surface area contributed by atoms with Gasteiger partial charge in [-0.1, -0.05) is 72.8 Å². The van der Waals surface area contributed by atoms with E-state index in [1.165, 1.54) is 0 Å². The molecule has 3 N–H and O–H groups in total. The van der Waals surface area contributed by atoms with Gasteiger partial charge in [-0.15, -0.1) is 0 Å². The highest BCUT2D eigenvalue weighted by atomic mass is 16.5. The smallest absolute Gasteiger partial charge is 0.319 e. The number of amides is 3. The Hall–Kier alpha value is -3.44. The van der Waals surface area contributed by atoms with E-state index in [-0.39, 0.29) is 0 Å². The molecular formula is C22H20N2O3. The summed E-state index contributed by atoms with van der Waals surface area (Å²) in [5.74, 6) is -0.530. The van der Waals surface area contributed by atoms with Crippen molar-refractivity contribution in [1.29, 1.82) is 0 Å². The number of nitrogens with two attached hydrogens (primary N) is 1. The highest BCUT2D eigenvalue weighted by Gasteiger charge is 2.15. The van der Waals surface area contributed by atoms with Crippen molar-refractivity contribution in [1.82, 2.24) is 5.32 Å². The third-order valence-corrected chi connectivity index (χ3v) is 4.09. The largest absolute Gasteiger partial charge is 0.372 e. The predicted molar refractivity (Wildman–Crippen MR) is 104 cm³/mol. The SMILES string of the molecule is NC(=O)NC(=O)c1ccccc1-c1ccccc1COCc1ccccc1. The molecule has 0 aromatic heterocycles. The minimum Gasteiger partial charge on any atom is -0.372 e. The van der Waals surface area contributed by atoms with Crippen LogP contribution >= 0.6 is 0 Å². The lowest BCUT2D eigenvalue weighted by Gasteiger charge is -2.14. The average molecular weight is 360 g/mol. The van der Waals surface area contributed by atoms with E-state index in [4.69, 9.17) is 10.5 Å². The molecule has 0 radical (unpaired) electrons. The minimum atomic E-state index is -0.880. The van der Waals surface area contributed by atoms with E-state index in [0.29, 0.717) is 18.8 Å². The molecule has 5 nitrogen and oxygen atoms in total. The fourth-order valence-electron chi connectivity index (χ4n) is 2.86. The number of carbonyl (C=O) groups excluding carboxylic acids is 2. The van der Waals surface area contributed by atoms with Gasteiger partial charge < -0.3 is 10.5 Å². The third kappa shape index (κ3) is 4.80. The van der Waals surface area contributed by atoms with Gasteiger partial charge in [0.25, 0.3) is 5.91 Å². The lowest BCUT2D eigenvalue weighted by molar-refractivity contribution is 0.0966. The Morgan fingerprint density at radius 1 is 0.778 bits per heavy atom. The highest BCUT2D eigenvalue weighted by Crippen LogP contribution is 2.28. The lowest BCUT2D eigenvalue weighted by atomic mass is 9.95. The van der Waals surface area contributed by atoms with Crippen molar-refractivity contribution >= 4 is 11.9 Å². The van der Waals surface area contributed by atoms with Gasteiger partial charge >= 0.3 is 6.03 Å². The Morgan fingerprint density at radius 3 is 2.15 bits per heavy atom. The van der Waals surface area contributed by atoms with Crippen LogP contribution in [0.3, 0.4) is 0 Å². The number of hydrogen-bond donors (Lipinski definition) is 2. The van der Waals surface area contributed by atoms with Crippen LogP contribution in [0.1, 0.15) is 21.5 Å². The number of benzene rings is 3. The molecule has 3 aromatic rings. The Balaban J connectivity index is 1.84. The number of carbonyl (C=O) groups is 2. The fourth-order valence-corrected chi connectivity index (χ4v) is 2.86. The molecule has 0 aliphatic carbocycles. The molecule has 3 amide bonds. The first-order valence-electron chi connectivity index (χ1n) is 8.55. The number of rotatable bonds is 6. The van der Waals surface area contributed by atoms with Gasteiger partial charge in [0.2, 0.25) is 0 Å². The lowest BCUT2D eigenvalue weighted by Crippen LogP contribution is -2.35. The molecule has 3 aromatic carbocycles. The molecule has 0 unspecified atom stereocenters. The van der Waals surface area contributed by atoms with Gasteiger partial charge in [0.15, 0.2) is 0 Å². The Labute approximate surface area is 157 Å². The maximum Gasteiger partial charge on any atom is 0.319 e. The molecule has 0 saturated carbocycles. The van der Waals surface area contributed by atoms with Crippen LogP contribution < -0.4 is 11.1 Å². The number of nitrogens with one attached hydrogen (secondary N) is 1. The van der Waals surface area contributed by atoms with Crippen LogP contribution in [0.15, 0.2) is 78.9 Å². The van der Waals surface area contributed by atoms with Crippen LogP contribution in [-0.4, -0.2) is 11.9 Å². The van der Waals surface area contributed by atoms with Gasteiger partial charge in [0.1, 0.15) is 0 Å². The first-order valence-corrected chi connectivity index (χ1v) is 8.55. The van der Waals surface area contributed by atoms with Gasteiger partial charge in [-0.25, -0.2) is 4.79 Å². The van der Waals surface area contributed by atoms with Crippen molar-refractivity contribution in [3.63, 3.8) is 0 Å². The molecule has 0 aliphatic rings. The van der Waals surface area contributed by atoms with E-state index in [1.807, 2.05) is 66.7 Å². The molecule has 0 fully saturated rings. The zero-order chi connectivity index (χ0) is 19.1. The molecule has 3 rings (SSSR count). The summed E-state index contributed by atoms with van der Waals surface area (Å²) in [4.78, 5) is 23.4. The normalized spacial score (nSPS) is 10.4. The molecule has 0 spiro atoms. The zero-order valence-corrected chi connectivity index (χ0v) is 14.7. The van der Waals surface area contributed by atoms with Crippen molar-refractivity contribution in [2.75, 3.05) is 0 Å². The van der Waals surface area contributed by atoms with E-state index >= 15 is 0 Å². The molecule has 0 saturated heterocycles. The molecule has 0 heterocycles. The second kappa shape index (κ2) is 8.78. The minimum absolute atomic E-state index is 0.381. The van der Waals surface area contributed by atoms with Crippen LogP contribution in [-0.2, 0) is 18.0 Å². The molecule has 27 heavy (non-hydrogen) atoms. The maximum absolute atomic E-state index is 12.3. The summed E-state index contributed by atoms with van der Waals surface area (Å²) in [5.41, 5.74) is 9.10. The van der Waals surface area contributed by atoms with Crippen molar-refractivity contribution < 1.29 is 14.3 Å². The number of hydrogen-bond acceptors (Lipinski definition) is 3. The Bertz CT molecular complexity index is 939. The molecular weight excluding hydrogens is 340 g/mol. The Morgan fingerprint density at radius 2 is 1.41 bits per heavy atom. The van der Waals surface area contributed by atoms with Crippen molar-refractivity contribution in [3.8, 4) is 11.1 Å². The first kappa shape index (κ1) is 18.4. The molecule has 136 valence electrons. The van der Waals surface area contributed by atoms with Crippen molar-refractivity contribution in [3.05, 3.63) is 95.6 Å². The fraction of sp³-hybridized carbons (Fsp3) is 0.0909. The van der Waals surface area contributed by atoms with Crippen LogP contribution in [0.5, 0.6) is 0 Å². The number of primary amides is 1. The van der Waals surface area contributed by atoms with E-state index in [2.05, 4.69) is 5.32 Å². The number of urea groups is 1. The van der Waals surface area contributed by atoms with Crippen LogP contribution in [0.2, 0.25) is 0 Å². The summed E-state index contributed by atoms with van der Waals surface area (Å²) in [5, 5.41) is 2.12. The second-order valence-corrected chi connectivity index (χ2v) is 6.00. The van der Waals surface area contributed by atoms with E-state index in [0.717, 1.165) is 22.3 Å². The quantitative estimate of drug-likeness (QED) is 0.700. The third-order valence-electron chi connectivity index (χ3n) is 4.09. The maximum atomic E-state index is 12.3. The van der Waals surface area contributed by atoms with Crippen LogP contribution in [0, 0.1) is 0 Å². The van der Waals surface area contributed by atoms with Crippen LogP contribution in [0.25, 0.3) is 11.1 Å². The van der Waals surface area contributed by atoms with Gasteiger partial charge in [0.05, 0.1) is 13.2 Å². The molecule has 0 bridgehead atoms. The first-order chi connectivity index (χ1) is 13.1. The highest BCUT2D eigenvalue weighted by molar-refractivity contribution is 6.07. The van der Waals surface area contributed by atoms with Gasteiger partial charge in [0, 0.05) is 5.56 Å². The van der Waals surface area contributed by atoms with Crippen LogP contribution in [0.4, 0.5) is 4.79 Å². The monoisotopic (exact) mass is 360 g/mol. The van der Waals surface area contributed by atoms with E-state index in [1.54, 1.807) is 12.1 Å². The van der Waals surface area contributed by atoms with Crippen molar-refractivity contribution in [2.24, 2.45) is 5.73 Å². The number of ether oxygens (including phenoxy) is 1. The molecule has 0 aliphatic heterocycles. The zero-order valence-electron chi connectivity index (χ0n) is 14.7. The topological polar surface area (TPSA) is 81.4 Å². The summed E-state index contributed by atoms with van der Waals surface area (Å²) < 4.78 is 5.86. The predicted octanol–water partition coefficient (Wildman–Crippen LogP) is 3.88. The molecule has 5 heteroatoms. The van der Waals surface area contributed by atoms with E-state index in [9.17, 15) is 9.59 Å². The van der Waals surface area contributed by atoms with Crippen molar-refractivity contribution in [2.45, 2.75) is 13.2 Å².